The van der Waals surface area contributed by atoms with E-state index in [-0.39, 0.29) is 22.6 Å². The molecule has 1 heterocycles. The van der Waals surface area contributed by atoms with Crippen molar-refractivity contribution in [3.05, 3.63) is 142 Å². The number of rotatable bonds is 6. The molecule has 40 heavy (non-hydrogen) atoms. The second-order valence-corrected chi connectivity index (χ2v) is 13.8. The van der Waals surface area contributed by atoms with Crippen LogP contribution in [-0.4, -0.2) is 22.2 Å². The van der Waals surface area contributed by atoms with E-state index < -0.39 is 36.5 Å². The lowest BCUT2D eigenvalue weighted by molar-refractivity contribution is -0.0322. The molecule has 2 atom stereocenters. The van der Waals surface area contributed by atoms with Crippen molar-refractivity contribution in [1.82, 2.24) is 4.31 Å². The first-order chi connectivity index (χ1) is 19.2. The van der Waals surface area contributed by atoms with Crippen LogP contribution in [0.25, 0.3) is 10.8 Å². The minimum atomic E-state index is -5.27. The Balaban J connectivity index is 1.63. The fourth-order valence-corrected chi connectivity index (χ4v) is 9.04. The molecule has 0 spiro atoms. The molecule has 9 heteroatoms. The van der Waals surface area contributed by atoms with E-state index in [2.05, 4.69) is 15.9 Å². The molecule has 0 unspecified atom stereocenters. The molecule has 0 aliphatic carbocycles. The van der Waals surface area contributed by atoms with Crippen LogP contribution in [0.15, 0.2) is 136 Å². The van der Waals surface area contributed by atoms with Gasteiger partial charge in [-0.3, -0.25) is 0 Å². The summed E-state index contributed by atoms with van der Waals surface area (Å²) in [6.45, 7) is -0.192. The van der Waals surface area contributed by atoms with Gasteiger partial charge in [-0.2, -0.15) is 13.1 Å². The number of fused-ring (bicyclic) bond motifs is 2. The molecule has 0 amide bonds. The molecule has 0 saturated heterocycles. The number of hydrogen-bond acceptors (Lipinski definition) is 3. The maximum absolute atomic E-state index is 17.3. The zero-order chi connectivity index (χ0) is 28.1. The molecule has 202 valence electrons. The summed E-state index contributed by atoms with van der Waals surface area (Å²) in [7, 11) is -7.37. The Bertz CT molecular complexity index is 1870. The van der Waals surface area contributed by atoms with Crippen LogP contribution in [0.2, 0.25) is 0 Å². The van der Waals surface area contributed by atoms with Gasteiger partial charge in [0, 0.05) is 16.6 Å². The fourth-order valence-electron chi connectivity index (χ4n) is 5.39. The van der Waals surface area contributed by atoms with Crippen molar-refractivity contribution in [3.8, 4) is 0 Å². The highest BCUT2D eigenvalue weighted by Crippen LogP contribution is 2.58. The Hall–Kier alpha value is -3.24. The van der Waals surface area contributed by atoms with Gasteiger partial charge >= 0.3 is 5.25 Å². The first-order valence-electron chi connectivity index (χ1n) is 12.4. The molecule has 0 aromatic heterocycles. The van der Waals surface area contributed by atoms with Crippen LogP contribution in [0.1, 0.15) is 16.7 Å². The summed E-state index contributed by atoms with van der Waals surface area (Å²) >= 11 is 3.46. The Morgan fingerprint density at radius 3 is 2.10 bits per heavy atom. The van der Waals surface area contributed by atoms with E-state index in [4.69, 9.17) is 0 Å². The number of sulfone groups is 1. The summed E-state index contributed by atoms with van der Waals surface area (Å²) in [6, 6.07) is 31.8. The molecule has 4 nitrogen and oxygen atoms in total. The lowest BCUT2D eigenvalue weighted by Crippen LogP contribution is -2.58. The highest BCUT2D eigenvalue weighted by Gasteiger charge is 2.71. The molecule has 0 N–H and O–H groups in total. The third-order valence-corrected chi connectivity index (χ3v) is 11.1. The number of hydrogen-bond donors (Lipinski definition) is 0. The number of benzene rings is 5. The van der Waals surface area contributed by atoms with Gasteiger partial charge in [0.25, 0.3) is 0 Å². The van der Waals surface area contributed by atoms with Crippen molar-refractivity contribution in [3.63, 3.8) is 0 Å². The minimum absolute atomic E-state index is 0.00578. The third kappa shape index (κ3) is 3.98. The molecule has 0 saturated carbocycles. The van der Waals surface area contributed by atoms with Crippen LogP contribution in [-0.2, 0) is 32.9 Å². The molecule has 0 bridgehead atoms. The van der Waals surface area contributed by atoms with Gasteiger partial charge in [-0.05, 0) is 58.3 Å². The summed E-state index contributed by atoms with van der Waals surface area (Å²) in [5.74, 6) is 0. The summed E-state index contributed by atoms with van der Waals surface area (Å²) < 4.78 is 78.4. The van der Waals surface area contributed by atoms with Crippen LogP contribution in [0.3, 0.4) is 0 Å². The van der Waals surface area contributed by atoms with Crippen molar-refractivity contribution in [2.24, 2.45) is 0 Å². The molecule has 0 fully saturated rings. The number of nitrogens with zero attached hydrogens (tertiary/aromatic N) is 1. The largest absolute Gasteiger partial charge is 0.376 e. The number of halogens is 3. The zero-order valence-corrected chi connectivity index (χ0v) is 24.1. The van der Waals surface area contributed by atoms with E-state index in [1.54, 1.807) is 42.5 Å². The van der Waals surface area contributed by atoms with Gasteiger partial charge in [0.15, 0.2) is 5.54 Å². The van der Waals surface area contributed by atoms with Crippen molar-refractivity contribution in [2.75, 3.05) is 0 Å². The quantitative estimate of drug-likeness (QED) is 0.194. The zero-order valence-electron chi connectivity index (χ0n) is 20.9. The normalized spacial score (nSPS) is 19.5. The van der Waals surface area contributed by atoms with E-state index in [1.807, 2.05) is 30.3 Å². The first kappa shape index (κ1) is 27.0. The fraction of sp³-hybridized carbons (Fsp3) is 0.0968. The number of alkyl halides is 2. The second-order valence-electron chi connectivity index (χ2n) is 9.52. The molecular weight excluding hydrogens is 616 g/mol. The van der Waals surface area contributed by atoms with Crippen molar-refractivity contribution >= 4 is 47.5 Å². The maximum atomic E-state index is 17.3. The SMILES string of the molecule is O=[S@]1c2ccccc2[C@](c2ccccc2)(C(F)(F)S(=O)(=O)c2ccccc2)N1Cc1ccc2cc(Br)ccc2c1. The molecular formula is C31H22BrF2NO3S2. The maximum Gasteiger partial charge on any atom is 0.376 e. The van der Waals surface area contributed by atoms with Gasteiger partial charge in [0.1, 0.15) is 11.0 Å². The first-order valence-corrected chi connectivity index (χ1v) is 15.8. The molecule has 1 aliphatic heterocycles. The lowest BCUT2D eigenvalue weighted by atomic mass is 9.82. The van der Waals surface area contributed by atoms with Gasteiger partial charge in [-0.25, -0.2) is 12.6 Å². The Morgan fingerprint density at radius 2 is 1.38 bits per heavy atom. The second kappa shape index (κ2) is 9.99. The van der Waals surface area contributed by atoms with E-state index in [0.29, 0.717) is 5.56 Å². The smallest absolute Gasteiger partial charge is 0.237 e. The predicted octanol–water partition coefficient (Wildman–Crippen LogP) is 7.45. The van der Waals surface area contributed by atoms with Crippen molar-refractivity contribution in [2.45, 2.75) is 27.1 Å². The Morgan fingerprint density at radius 1 is 0.775 bits per heavy atom. The molecule has 1 aliphatic rings. The topological polar surface area (TPSA) is 54.5 Å². The average molecular weight is 639 g/mol. The monoisotopic (exact) mass is 637 g/mol. The molecule has 5 aromatic carbocycles. The Labute approximate surface area is 241 Å². The summed E-state index contributed by atoms with van der Waals surface area (Å²) in [5.41, 5.74) is -1.94. The molecule has 5 aromatic rings. The predicted molar refractivity (Wildman–Crippen MR) is 156 cm³/mol. The van der Waals surface area contributed by atoms with Crippen molar-refractivity contribution < 1.29 is 21.4 Å². The standard InChI is InChI=1S/C31H22BrF2NO3S2/c32-26-18-17-23-19-22(15-16-24(23)20-26)21-35-30(25-9-3-1-4-10-25,28-13-7-8-14-29(28)39(35)36)31(33,34)40(37,38)27-11-5-2-6-12-27/h1-20H,21H2/t30-,39+/m1/s1. The summed E-state index contributed by atoms with van der Waals surface area (Å²) in [4.78, 5) is -0.360. The van der Waals surface area contributed by atoms with Crippen LogP contribution in [0, 0.1) is 0 Å². The van der Waals surface area contributed by atoms with Gasteiger partial charge in [-0.1, -0.05) is 101 Å². The van der Waals surface area contributed by atoms with Gasteiger partial charge in [-0.15, -0.1) is 0 Å². The van der Waals surface area contributed by atoms with E-state index >= 15 is 8.78 Å². The van der Waals surface area contributed by atoms with E-state index in [1.165, 1.54) is 36.4 Å². The average Bonchev–Trinajstić information content (AvgIpc) is 3.22. The third-order valence-electron chi connectivity index (χ3n) is 7.24. The highest BCUT2D eigenvalue weighted by molar-refractivity contribution is 9.10. The van der Waals surface area contributed by atoms with Gasteiger partial charge < -0.3 is 0 Å². The van der Waals surface area contributed by atoms with Crippen LogP contribution < -0.4 is 0 Å². The highest BCUT2D eigenvalue weighted by atomic mass is 79.9. The van der Waals surface area contributed by atoms with E-state index in [9.17, 15) is 12.6 Å². The van der Waals surface area contributed by atoms with Crippen LogP contribution in [0.4, 0.5) is 8.78 Å². The van der Waals surface area contributed by atoms with E-state index in [0.717, 1.165) is 31.7 Å². The molecule has 0 radical (unpaired) electrons. The van der Waals surface area contributed by atoms with Crippen LogP contribution >= 0.6 is 15.9 Å². The summed E-state index contributed by atoms with van der Waals surface area (Å²) in [5, 5.41) is -2.61. The minimum Gasteiger partial charge on any atom is -0.237 e. The summed E-state index contributed by atoms with van der Waals surface area (Å²) in [6.07, 6.45) is 0. The molecule has 6 rings (SSSR count). The Kier molecular flexibility index (Phi) is 6.73. The van der Waals surface area contributed by atoms with Crippen LogP contribution in [0.5, 0.6) is 0 Å². The van der Waals surface area contributed by atoms with Crippen molar-refractivity contribution in [1.29, 1.82) is 0 Å². The van der Waals surface area contributed by atoms with Gasteiger partial charge in [0.05, 0.1) is 9.79 Å². The lowest BCUT2D eigenvalue weighted by Gasteiger charge is -2.43. The van der Waals surface area contributed by atoms with Gasteiger partial charge in [0.2, 0.25) is 9.84 Å².